The smallest absolute Gasteiger partial charge is 0.406 e. The highest BCUT2D eigenvalue weighted by Gasteiger charge is 2.32. The highest BCUT2D eigenvalue weighted by molar-refractivity contribution is 8.15. The summed E-state index contributed by atoms with van der Waals surface area (Å²) in [5.74, 6) is 0.0141. The summed E-state index contributed by atoms with van der Waals surface area (Å²) in [6.07, 6.45) is -0.552. The average Bonchev–Trinajstić information content (AvgIpc) is 3.65. The van der Waals surface area contributed by atoms with Crippen LogP contribution >= 0.6 is 11.8 Å². The van der Waals surface area contributed by atoms with Crippen LogP contribution in [0.4, 0.5) is 23.7 Å². The van der Waals surface area contributed by atoms with Crippen LogP contribution in [0.25, 0.3) is 16.9 Å². The summed E-state index contributed by atoms with van der Waals surface area (Å²) in [6.45, 7) is 6.56. The molecule has 3 aromatic carbocycles. The summed E-state index contributed by atoms with van der Waals surface area (Å²) >= 11 is 1.27. The number of hydrogen-bond donors (Lipinski definition) is 1. The van der Waals surface area contributed by atoms with E-state index in [4.69, 9.17) is 0 Å². The van der Waals surface area contributed by atoms with E-state index >= 15 is 0 Å². The molecule has 1 saturated heterocycles. The molecule has 240 valence electrons. The topological polar surface area (TPSA) is 88.8 Å². The Hall–Kier alpha value is -4.58. The van der Waals surface area contributed by atoms with Gasteiger partial charge < -0.3 is 10.1 Å². The molecule has 8 nitrogen and oxygen atoms in total. The zero-order valence-corrected chi connectivity index (χ0v) is 26.5. The lowest BCUT2D eigenvalue weighted by Gasteiger charge is -2.20. The first-order chi connectivity index (χ1) is 22.0. The Morgan fingerprint density at radius 1 is 1.09 bits per heavy atom. The number of amides is 3. The number of benzene rings is 3. The molecule has 0 radical (unpaired) electrons. The van der Waals surface area contributed by atoms with Gasteiger partial charge in [-0.2, -0.15) is 10.1 Å². The van der Waals surface area contributed by atoms with Crippen LogP contribution in [0.2, 0.25) is 0 Å². The van der Waals surface area contributed by atoms with Gasteiger partial charge in [-0.1, -0.05) is 68.4 Å². The maximum Gasteiger partial charge on any atom is 0.573 e. The number of aromatic nitrogens is 2. The van der Waals surface area contributed by atoms with Crippen LogP contribution < -0.4 is 15.0 Å². The van der Waals surface area contributed by atoms with Gasteiger partial charge in [0, 0.05) is 18.3 Å². The van der Waals surface area contributed by atoms with Crippen LogP contribution in [0.3, 0.4) is 0 Å². The van der Waals surface area contributed by atoms with E-state index in [0.717, 1.165) is 40.8 Å². The van der Waals surface area contributed by atoms with Gasteiger partial charge in [0.25, 0.3) is 0 Å². The number of anilines is 1. The quantitative estimate of drug-likeness (QED) is 0.188. The van der Waals surface area contributed by atoms with Gasteiger partial charge in [-0.15, -0.1) is 13.2 Å². The van der Waals surface area contributed by atoms with Crippen LogP contribution in [0.1, 0.15) is 49.3 Å². The Morgan fingerprint density at radius 3 is 2.52 bits per heavy atom. The van der Waals surface area contributed by atoms with E-state index in [9.17, 15) is 22.8 Å². The maximum atomic E-state index is 12.8. The van der Waals surface area contributed by atoms with E-state index in [2.05, 4.69) is 34.0 Å². The largest absolute Gasteiger partial charge is 0.573 e. The number of carbonyl (C=O) groups is 2. The lowest BCUT2D eigenvalue weighted by atomic mass is 9.96. The molecule has 1 aliphatic heterocycles. The molecular formula is C34H34F3N5O3S. The van der Waals surface area contributed by atoms with Crippen LogP contribution in [-0.4, -0.2) is 45.5 Å². The van der Waals surface area contributed by atoms with Gasteiger partial charge >= 0.3 is 12.4 Å². The van der Waals surface area contributed by atoms with Gasteiger partial charge in [0.1, 0.15) is 5.75 Å². The second-order valence-electron chi connectivity index (χ2n) is 11.0. The SMILES string of the molecule is CCCc1ccc(C)cc1N1C(=O)CSC1=NC(=O)NCCC(C)c1ccc(-c2ccn(-c3ccc(OC(F)(F)F)cc3)n2)cc1. The van der Waals surface area contributed by atoms with Crippen LogP contribution in [0.15, 0.2) is 84.0 Å². The van der Waals surface area contributed by atoms with Crippen molar-refractivity contribution >= 4 is 34.6 Å². The van der Waals surface area contributed by atoms with Crippen LogP contribution in [-0.2, 0) is 11.2 Å². The minimum atomic E-state index is -4.74. The van der Waals surface area contributed by atoms with E-state index in [-0.39, 0.29) is 23.3 Å². The number of aryl methyl sites for hydroxylation is 2. The van der Waals surface area contributed by atoms with E-state index < -0.39 is 12.4 Å². The molecule has 5 rings (SSSR count). The molecule has 1 atom stereocenters. The van der Waals surface area contributed by atoms with E-state index in [1.807, 2.05) is 55.5 Å². The summed E-state index contributed by atoms with van der Waals surface area (Å²) in [7, 11) is 0. The molecule has 1 fully saturated rings. The Kier molecular flexibility index (Phi) is 10.2. The van der Waals surface area contributed by atoms with Gasteiger partial charge in [0.05, 0.1) is 22.8 Å². The Balaban J connectivity index is 1.16. The van der Waals surface area contributed by atoms with E-state index in [0.29, 0.717) is 29.5 Å². The molecule has 3 amide bonds. The highest BCUT2D eigenvalue weighted by atomic mass is 32.2. The molecule has 1 unspecified atom stereocenters. The van der Waals surface area contributed by atoms with Crippen molar-refractivity contribution < 1.29 is 27.5 Å². The van der Waals surface area contributed by atoms with Crippen molar-refractivity contribution in [2.75, 3.05) is 17.2 Å². The summed E-state index contributed by atoms with van der Waals surface area (Å²) in [5.41, 5.74) is 6.17. The fourth-order valence-electron chi connectivity index (χ4n) is 5.14. The van der Waals surface area contributed by atoms with Crippen molar-refractivity contribution in [3.63, 3.8) is 0 Å². The van der Waals surface area contributed by atoms with Crippen LogP contribution in [0, 0.1) is 6.92 Å². The zero-order valence-electron chi connectivity index (χ0n) is 25.7. The summed E-state index contributed by atoms with van der Waals surface area (Å²) in [4.78, 5) is 31.3. The fraction of sp³-hybridized carbons (Fsp3) is 0.294. The number of urea groups is 1. The molecule has 1 N–H and O–H groups in total. The van der Waals surface area contributed by atoms with Gasteiger partial charge in [-0.05, 0) is 78.8 Å². The molecule has 46 heavy (non-hydrogen) atoms. The van der Waals surface area contributed by atoms with Crippen molar-refractivity contribution in [3.05, 3.63) is 95.7 Å². The number of halogens is 3. The first kappa shape index (κ1) is 32.8. The predicted molar refractivity (Wildman–Crippen MR) is 175 cm³/mol. The number of aliphatic imine (C=N–C) groups is 1. The minimum Gasteiger partial charge on any atom is -0.406 e. The number of carbonyl (C=O) groups excluding carboxylic acids is 2. The van der Waals surface area contributed by atoms with E-state index in [1.165, 1.54) is 36.0 Å². The second-order valence-corrected chi connectivity index (χ2v) is 12.0. The monoisotopic (exact) mass is 649 g/mol. The molecule has 2 heterocycles. The third kappa shape index (κ3) is 8.16. The second kappa shape index (κ2) is 14.2. The number of hydrogen-bond acceptors (Lipinski definition) is 5. The predicted octanol–water partition coefficient (Wildman–Crippen LogP) is 8.04. The molecule has 4 aromatic rings. The minimum absolute atomic E-state index is 0.0862. The number of nitrogens with one attached hydrogen (secondary N) is 1. The first-order valence-electron chi connectivity index (χ1n) is 14.9. The maximum absolute atomic E-state index is 12.8. The first-order valence-corrected chi connectivity index (χ1v) is 15.9. The van der Waals surface area contributed by atoms with Crippen molar-refractivity contribution in [3.8, 4) is 22.7 Å². The number of alkyl halides is 3. The normalized spacial score (nSPS) is 15.0. The number of thioether (sulfide) groups is 1. The molecular weight excluding hydrogens is 615 g/mol. The Morgan fingerprint density at radius 2 is 1.83 bits per heavy atom. The highest BCUT2D eigenvalue weighted by Crippen LogP contribution is 2.32. The summed E-state index contributed by atoms with van der Waals surface area (Å²) < 4.78 is 42.8. The van der Waals surface area contributed by atoms with Gasteiger partial charge in [-0.3, -0.25) is 9.69 Å². The average molecular weight is 650 g/mol. The van der Waals surface area contributed by atoms with Crippen molar-refractivity contribution in [1.29, 1.82) is 0 Å². The Labute approximate surface area is 269 Å². The third-order valence-electron chi connectivity index (χ3n) is 7.52. The number of amidine groups is 1. The standard InChI is InChI=1S/C34H34F3N5O3S/c1-4-5-26-7-6-22(2)20-30(26)42-31(43)21-46-33(42)39-32(44)38-18-16-23(3)24-8-10-25(11-9-24)29-17-19-41(40-29)27-12-14-28(15-13-27)45-34(35,36)37/h6-15,17,19-20,23H,4-5,16,18,21H2,1-3H3,(H,38,44). The molecule has 0 spiro atoms. The molecule has 0 bridgehead atoms. The molecule has 1 aromatic heterocycles. The van der Waals surface area contributed by atoms with Crippen molar-refractivity contribution in [2.24, 2.45) is 4.99 Å². The fourth-order valence-corrected chi connectivity index (χ4v) is 6.00. The zero-order chi connectivity index (χ0) is 32.8. The third-order valence-corrected chi connectivity index (χ3v) is 8.44. The van der Waals surface area contributed by atoms with Crippen molar-refractivity contribution in [2.45, 2.75) is 52.3 Å². The number of nitrogens with zero attached hydrogens (tertiary/aromatic N) is 4. The number of ether oxygens (including phenoxy) is 1. The lowest BCUT2D eigenvalue weighted by molar-refractivity contribution is -0.274. The molecule has 12 heteroatoms. The summed E-state index contributed by atoms with van der Waals surface area (Å²) in [5, 5.41) is 7.81. The molecule has 1 aliphatic rings. The van der Waals surface area contributed by atoms with Gasteiger partial charge in [-0.25, -0.2) is 9.48 Å². The van der Waals surface area contributed by atoms with Crippen molar-refractivity contribution in [1.82, 2.24) is 15.1 Å². The molecule has 0 saturated carbocycles. The van der Waals surface area contributed by atoms with Gasteiger partial charge in [0.15, 0.2) is 5.17 Å². The molecule has 0 aliphatic carbocycles. The van der Waals surface area contributed by atoms with Gasteiger partial charge in [0.2, 0.25) is 5.91 Å². The van der Waals surface area contributed by atoms with Crippen LogP contribution in [0.5, 0.6) is 5.75 Å². The summed E-state index contributed by atoms with van der Waals surface area (Å²) in [6, 6.07) is 20.8. The van der Waals surface area contributed by atoms with E-state index in [1.54, 1.807) is 15.8 Å². The Bertz CT molecular complexity index is 1720. The number of rotatable bonds is 10. The lowest BCUT2D eigenvalue weighted by Crippen LogP contribution is -2.32.